The number of likely N-dealkylation sites (N-methyl/N-ethyl adjacent to an activating group) is 1. The van der Waals surface area contributed by atoms with Gasteiger partial charge in [0.1, 0.15) is 0 Å². The highest BCUT2D eigenvalue weighted by Gasteiger charge is 2.20. The lowest BCUT2D eigenvalue weighted by atomic mass is 10.1. The lowest BCUT2D eigenvalue weighted by molar-refractivity contribution is -0.122. The van der Waals surface area contributed by atoms with E-state index >= 15 is 0 Å². The van der Waals surface area contributed by atoms with Gasteiger partial charge in [0.25, 0.3) is 0 Å². The highest BCUT2D eigenvalue weighted by atomic mass is 16.2. The van der Waals surface area contributed by atoms with Crippen molar-refractivity contribution in [1.82, 2.24) is 4.90 Å². The third-order valence-electron chi connectivity index (χ3n) is 4.39. The van der Waals surface area contributed by atoms with E-state index in [-0.39, 0.29) is 18.4 Å². The summed E-state index contributed by atoms with van der Waals surface area (Å²) in [6.07, 6.45) is 0.849. The fourth-order valence-corrected chi connectivity index (χ4v) is 2.67. The molecule has 0 aromatic heterocycles. The van der Waals surface area contributed by atoms with Crippen LogP contribution in [-0.4, -0.2) is 36.3 Å². The first kappa shape index (κ1) is 19.7. The average Bonchev–Trinajstić information content (AvgIpc) is 2.61. The lowest BCUT2D eigenvalue weighted by Gasteiger charge is -2.23. The maximum atomic E-state index is 12.4. The predicted molar refractivity (Wildman–Crippen MR) is 106 cm³/mol. The normalized spacial score (nSPS) is 11.9. The summed E-state index contributed by atoms with van der Waals surface area (Å²) in [6.45, 7) is 5.96. The number of rotatable bonds is 7. The van der Waals surface area contributed by atoms with E-state index in [1.807, 2.05) is 55.5 Å². The molecular formula is C21H27N3O2. The molecule has 0 saturated heterocycles. The van der Waals surface area contributed by atoms with E-state index in [4.69, 9.17) is 0 Å². The summed E-state index contributed by atoms with van der Waals surface area (Å²) < 4.78 is 0. The third-order valence-corrected chi connectivity index (χ3v) is 4.39. The molecule has 138 valence electrons. The van der Waals surface area contributed by atoms with Crippen molar-refractivity contribution in [3.05, 3.63) is 59.7 Å². The van der Waals surface area contributed by atoms with Gasteiger partial charge in [-0.1, -0.05) is 37.3 Å². The first-order valence-corrected chi connectivity index (χ1v) is 8.86. The first-order chi connectivity index (χ1) is 12.4. The minimum atomic E-state index is -0.428. The molecule has 0 heterocycles. The second-order valence-electron chi connectivity index (χ2n) is 6.51. The average molecular weight is 353 g/mol. The molecule has 5 nitrogen and oxygen atoms in total. The molecule has 0 spiro atoms. The van der Waals surface area contributed by atoms with Crippen LogP contribution in [0.1, 0.15) is 25.0 Å². The Morgan fingerprint density at radius 1 is 1.08 bits per heavy atom. The quantitative estimate of drug-likeness (QED) is 0.801. The Morgan fingerprint density at radius 2 is 1.81 bits per heavy atom. The van der Waals surface area contributed by atoms with Crippen molar-refractivity contribution in [1.29, 1.82) is 0 Å². The Labute approximate surface area is 155 Å². The number of aryl methyl sites for hydroxylation is 2. The lowest BCUT2D eigenvalue weighted by Crippen LogP contribution is -2.43. The summed E-state index contributed by atoms with van der Waals surface area (Å²) >= 11 is 0. The second-order valence-corrected chi connectivity index (χ2v) is 6.51. The third kappa shape index (κ3) is 5.43. The van der Waals surface area contributed by atoms with Gasteiger partial charge in [-0.2, -0.15) is 0 Å². The first-order valence-electron chi connectivity index (χ1n) is 8.86. The molecule has 2 N–H and O–H groups in total. The fraction of sp³-hybridized carbons (Fsp3) is 0.333. The monoisotopic (exact) mass is 353 g/mol. The molecule has 0 saturated carbocycles. The fourth-order valence-electron chi connectivity index (χ4n) is 2.67. The number of amides is 2. The van der Waals surface area contributed by atoms with Gasteiger partial charge in [-0.05, 0) is 56.6 Å². The van der Waals surface area contributed by atoms with Gasteiger partial charge in [0.15, 0.2) is 0 Å². The van der Waals surface area contributed by atoms with Gasteiger partial charge in [0.2, 0.25) is 11.8 Å². The molecule has 0 radical (unpaired) electrons. The summed E-state index contributed by atoms with van der Waals surface area (Å²) in [6, 6.07) is 15.0. The Balaban J connectivity index is 1.92. The van der Waals surface area contributed by atoms with Gasteiger partial charge in [0.05, 0.1) is 12.6 Å². The van der Waals surface area contributed by atoms with E-state index in [0.29, 0.717) is 0 Å². The van der Waals surface area contributed by atoms with Crippen LogP contribution in [0.5, 0.6) is 0 Å². The van der Waals surface area contributed by atoms with E-state index in [1.165, 1.54) is 0 Å². The molecule has 0 bridgehead atoms. The van der Waals surface area contributed by atoms with Crippen LogP contribution >= 0.6 is 0 Å². The molecule has 2 amide bonds. The van der Waals surface area contributed by atoms with Crippen LogP contribution in [0.25, 0.3) is 0 Å². The number of para-hydroxylation sites is 1. The standard InChI is InChI=1S/C21H27N3O2/c1-5-17-10-6-7-12-19(17)23-20(25)14-24(4)16(3)21(26)22-18-11-8-9-15(2)13-18/h6-13,16H,5,14H2,1-4H3,(H,22,26)(H,23,25). The summed E-state index contributed by atoms with van der Waals surface area (Å²) in [5, 5.41) is 5.82. The molecule has 5 heteroatoms. The van der Waals surface area contributed by atoms with Crippen LogP contribution in [0.15, 0.2) is 48.5 Å². The van der Waals surface area contributed by atoms with Gasteiger partial charge in [-0.25, -0.2) is 0 Å². The summed E-state index contributed by atoms with van der Waals surface area (Å²) in [5.41, 5.74) is 3.76. The zero-order valence-corrected chi connectivity index (χ0v) is 15.9. The second kappa shape index (κ2) is 9.15. The molecule has 0 aliphatic heterocycles. The Hall–Kier alpha value is -2.66. The zero-order chi connectivity index (χ0) is 19.1. The van der Waals surface area contributed by atoms with Crippen molar-refractivity contribution in [3.63, 3.8) is 0 Å². The summed E-state index contributed by atoms with van der Waals surface area (Å²) in [4.78, 5) is 26.5. The highest BCUT2D eigenvalue weighted by molar-refractivity contribution is 5.96. The number of nitrogens with zero attached hydrogens (tertiary/aromatic N) is 1. The van der Waals surface area contributed by atoms with E-state index < -0.39 is 6.04 Å². The summed E-state index contributed by atoms with van der Waals surface area (Å²) in [5.74, 6) is -0.275. The molecule has 0 aliphatic carbocycles. The largest absolute Gasteiger partial charge is 0.325 e. The van der Waals surface area contributed by atoms with Gasteiger partial charge >= 0.3 is 0 Å². The van der Waals surface area contributed by atoms with Crippen LogP contribution < -0.4 is 10.6 Å². The van der Waals surface area contributed by atoms with Crippen molar-refractivity contribution in [2.45, 2.75) is 33.2 Å². The molecular weight excluding hydrogens is 326 g/mol. The number of anilines is 2. The van der Waals surface area contributed by atoms with Crippen molar-refractivity contribution in [2.24, 2.45) is 0 Å². The van der Waals surface area contributed by atoms with Crippen LogP contribution in [0.2, 0.25) is 0 Å². The molecule has 0 aliphatic rings. The smallest absolute Gasteiger partial charge is 0.241 e. The Morgan fingerprint density at radius 3 is 2.50 bits per heavy atom. The Kier molecular flexibility index (Phi) is 6.92. The molecule has 1 atom stereocenters. The van der Waals surface area contributed by atoms with Crippen LogP contribution in [0, 0.1) is 6.92 Å². The van der Waals surface area contributed by atoms with E-state index in [0.717, 1.165) is 28.9 Å². The number of benzene rings is 2. The van der Waals surface area contributed by atoms with Gasteiger partial charge < -0.3 is 10.6 Å². The van der Waals surface area contributed by atoms with Crippen LogP contribution in [0.3, 0.4) is 0 Å². The van der Waals surface area contributed by atoms with Gasteiger partial charge in [0, 0.05) is 11.4 Å². The highest BCUT2D eigenvalue weighted by Crippen LogP contribution is 2.15. The number of carbonyl (C=O) groups excluding carboxylic acids is 2. The Bertz CT molecular complexity index is 773. The minimum Gasteiger partial charge on any atom is -0.325 e. The molecule has 2 rings (SSSR count). The van der Waals surface area contributed by atoms with Crippen molar-refractivity contribution < 1.29 is 9.59 Å². The van der Waals surface area contributed by atoms with Gasteiger partial charge in [-0.3, -0.25) is 14.5 Å². The van der Waals surface area contributed by atoms with Crippen molar-refractivity contribution in [3.8, 4) is 0 Å². The number of hydrogen-bond donors (Lipinski definition) is 2. The van der Waals surface area contributed by atoms with Crippen LogP contribution in [0.4, 0.5) is 11.4 Å². The number of hydrogen-bond acceptors (Lipinski definition) is 3. The maximum Gasteiger partial charge on any atom is 0.241 e. The molecule has 1 unspecified atom stereocenters. The SMILES string of the molecule is CCc1ccccc1NC(=O)CN(C)C(C)C(=O)Nc1cccc(C)c1. The van der Waals surface area contributed by atoms with E-state index in [9.17, 15) is 9.59 Å². The van der Waals surface area contributed by atoms with Gasteiger partial charge in [-0.15, -0.1) is 0 Å². The minimum absolute atomic E-state index is 0.136. The maximum absolute atomic E-state index is 12.4. The summed E-state index contributed by atoms with van der Waals surface area (Å²) in [7, 11) is 1.77. The molecule has 2 aromatic carbocycles. The van der Waals surface area contributed by atoms with E-state index in [2.05, 4.69) is 17.6 Å². The number of carbonyl (C=O) groups is 2. The molecule has 0 fully saturated rings. The number of nitrogens with one attached hydrogen (secondary N) is 2. The molecule has 26 heavy (non-hydrogen) atoms. The van der Waals surface area contributed by atoms with Crippen LogP contribution in [-0.2, 0) is 16.0 Å². The zero-order valence-electron chi connectivity index (χ0n) is 15.9. The molecule has 2 aromatic rings. The van der Waals surface area contributed by atoms with Crippen molar-refractivity contribution >= 4 is 23.2 Å². The van der Waals surface area contributed by atoms with Crippen molar-refractivity contribution in [2.75, 3.05) is 24.2 Å². The topological polar surface area (TPSA) is 61.4 Å². The predicted octanol–water partition coefficient (Wildman–Crippen LogP) is 3.45. The van der Waals surface area contributed by atoms with E-state index in [1.54, 1.807) is 18.9 Å².